The number of methoxy groups -OCH3 is 1. The highest BCUT2D eigenvalue weighted by molar-refractivity contribution is 5.77. The molecule has 2 aromatic rings. The summed E-state index contributed by atoms with van der Waals surface area (Å²) in [7, 11) is 1.72. The minimum atomic E-state index is -0.392. The SMILES string of the molecule is CCCn1c(C(C)(C)OC)nc2cc(CN)ccc21. The predicted octanol–water partition coefficient (Wildman–Crippen LogP) is 2.79. The number of ether oxygens (including phenoxy) is 1. The molecule has 1 aromatic heterocycles. The molecular weight excluding hydrogens is 238 g/mol. The van der Waals surface area contributed by atoms with Gasteiger partial charge in [0.05, 0.1) is 11.0 Å². The molecule has 0 saturated heterocycles. The number of imidazole rings is 1. The van der Waals surface area contributed by atoms with Crippen LogP contribution in [0.5, 0.6) is 0 Å². The average Bonchev–Trinajstić information content (AvgIpc) is 2.78. The highest BCUT2D eigenvalue weighted by atomic mass is 16.5. The molecule has 2 rings (SSSR count). The van der Waals surface area contributed by atoms with Crippen LogP contribution in [0.1, 0.15) is 38.6 Å². The lowest BCUT2D eigenvalue weighted by atomic mass is 10.1. The highest BCUT2D eigenvalue weighted by Crippen LogP contribution is 2.28. The van der Waals surface area contributed by atoms with E-state index in [-0.39, 0.29) is 0 Å². The van der Waals surface area contributed by atoms with Crippen LogP contribution in [0.3, 0.4) is 0 Å². The smallest absolute Gasteiger partial charge is 0.141 e. The fourth-order valence-corrected chi connectivity index (χ4v) is 2.30. The van der Waals surface area contributed by atoms with E-state index < -0.39 is 5.60 Å². The molecule has 1 aromatic carbocycles. The number of aryl methyl sites for hydroxylation is 1. The fourth-order valence-electron chi connectivity index (χ4n) is 2.30. The van der Waals surface area contributed by atoms with Crippen LogP contribution in [0.4, 0.5) is 0 Å². The summed E-state index contributed by atoms with van der Waals surface area (Å²) in [5.41, 5.74) is 8.56. The van der Waals surface area contributed by atoms with Crippen molar-refractivity contribution in [1.29, 1.82) is 0 Å². The van der Waals surface area contributed by atoms with Gasteiger partial charge < -0.3 is 15.0 Å². The Morgan fingerprint density at radius 2 is 2.11 bits per heavy atom. The molecule has 0 aliphatic carbocycles. The number of fused-ring (bicyclic) bond motifs is 1. The van der Waals surface area contributed by atoms with Crippen LogP contribution in [0.2, 0.25) is 0 Å². The van der Waals surface area contributed by atoms with Crippen molar-refractivity contribution in [2.75, 3.05) is 7.11 Å². The molecule has 0 atom stereocenters. The van der Waals surface area contributed by atoms with Crippen molar-refractivity contribution in [3.63, 3.8) is 0 Å². The Balaban J connectivity index is 2.65. The van der Waals surface area contributed by atoms with Gasteiger partial charge in [0, 0.05) is 20.2 Å². The van der Waals surface area contributed by atoms with Crippen molar-refractivity contribution >= 4 is 11.0 Å². The maximum atomic E-state index is 5.70. The van der Waals surface area contributed by atoms with E-state index >= 15 is 0 Å². The zero-order valence-electron chi connectivity index (χ0n) is 12.2. The molecule has 19 heavy (non-hydrogen) atoms. The van der Waals surface area contributed by atoms with Crippen molar-refractivity contribution in [2.45, 2.75) is 45.9 Å². The van der Waals surface area contributed by atoms with Gasteiger partial charge in [-0.3, -0.25) is 0 Å². The van der Waals surface area contributed by atoms with Gasteiger partial charge in [-0.2, -0.15) is 0 Å². The molecule has 0 unspecified atom stereocenters. The molecule has 0 spiro atoms. The van der Waals surface area contributed by atoms with E-state index in [2.05, 4.69) is 29.7 Å². The Morgan fingerprint density at radius 3 is 2.68 bits per heavy atom. The monoisotopic (exact) mass is 261 g/mol. The number of hydrogen-bond acceptors (Lipinski definition) is 3. The van der Waals surface area contributed by atoms with E-state index in [1.54, 1.807) is 7.11 Å². The third-order valence-corrected chi connectivity index (χ3v) is 3.54. The molecular formula is C15H23N3O. The summed E-state index contributed by atoms with van der Waals surface area (Å²) in [6.07, 6.45) is 1.07. The van der Waals surface area contributed by atoms with Crippen LogP contribution in [0.25, 0.3) is 11.0 Å². The largest absolute Gasteiger partial charge is 0.371 e. The molecule has 0 radical (unpaired) electrons. The second-order valence-electron chi connectivity index (χ2n) is 5.33. The summed E-state index contributed by atoms with van der Waals surface area (Å²) in [6, 6.07) is 6.24. The topological polar surface area (TPSA) is 53.1 Å². The van der Waals surface area contributed by atoms with Gasteiger partial charge in [0.1, 0.15) is 11.4 Å². The van der Waals surface area contributed by atoms with Crippen LogP contribution in [-0.2, 0) is 23.4 Å². The third kappa shape index (κ3) is 2.51. The summed E-state index contributed by atoms with van der Waals surface area (Å²) >= 11 is 0. The first kappa shape index (κ1) is 14.0. The summed E-state index contributed by atoms with van der Waals surface area (Å²) in [5.74, 6) is 0.973. The molecule has 0 bridgehead atoms. The number of rotatable bonds is 5. The molecule has 104 valence electrons. The van der Waals surface area contributed by atoms with Gasteiger partial charge in [-0.05, 0) is 38.0 Å². The number of aromatic nitrogens is 2. The highest BCUT2D eigenvalue weighted by Gasteiger charge is 2.27. The lowest BCUT2D eigenvalue weighted by Gasteiger charge is -2.23. The zero-order valence-corrected chi connectivity index (χ0v) is 12.2. The molecule has 0 saturated carbocycles. The third-order valence-electron chi connectivity index (χ3n) is 3.54. The summed E-state index contributed by atoms with van der Waals surface area (Å²) < 4.78 is 7.84. The van der Waals surface area contributed by atoms with E-state index in [9.17, 15) is 0 Å². The molecule has 0 aliphatic heterocycles. The Hall–Kier alpha value is -1.39. The minimum absolute atomic E-state index is 0.392. The molecule has 1 heterocycles. The molecule has 0 fully saturated rings. The van der Waals surface area contributed by atoms with Gasteiger partial charge in [-0.15, -0.1) is 0 Å². The maximum absolute atomic E-state index is 5.70. The molecule has 4 heteroatoms. The van der Waals surface area contributed by atoms with E-state index in [0.29, 0.717) is 6.54 Å². The standard InChI is InChI=1S/C15H23N3O/c1-5-8-18-13-7-6-11(10-16)9-12(13)17-14(18)15(2,3)19-4/h6-7,9H,5,8,10,16H2,1-4H3. The van der Waals surface area contributed by atoms with Crippen LogP contribution >= 0.6 is 0 Å². The van der Waals surface area contributed by atoms with Gasteiger partial charge in [-0.25, -0.2) is 4.98 Å². The molecule has 4 nitrogen and oxygen atoms in total. The summed E-state index contributed by atoms with van der Waals surface area (Å²) in [6.45, 7) is 7.75. The van der Waals surface area contributed by atoms with E-state index in [0.717, 1.165) is 35.4 Å². The number of nitrogens with two attached hydrogens (primary N) is 1. The fraction of sp³-hybridized carbons (Fsp3) is 0.533. The minimum Gasteiger partial charge on any atom is -0.371 e. The Morgan fingerprint density at radius 1 is 1.37 bits per heavy atom. The van der Waals surface area contributed by atoms with E-state index in [4.69, 9.17) is 15.5 Å². The molecule has 0 aliphatic rings. The van der Waals surface area contributed by atoms with Gasteiger partial charge in [0.2, 0.25) is 0 Å². The first-order chi connectivity index (χ1) is 9.03. The second-order valence-corrected chi connectivity index (χ2v) is 5.33. The predicted molar refractivity (Wildman–Crippen MR) is 78.0 cm³/mol. The lowest BCUT2D eigenvalue weighted by Crippen LogP contribution is -2.25. The van der Waals surface area contributed by atoms with Crippen LogP contribution in [0.15, 0.2) is 18.2 Å². The zero-order chi connectivity index (χ0) is 14.0. The molecule has 2 N–H and O–H groups in total. The number of hydrogen-bond donors (Lipinski definition) is 1. The average molecular weight is 261 g/mol. The first-order valence-electron chi connectivity index (χ1n) is 6.78. The van der Waals surface area contributed by atoms with Gasteiger partial charge in [-0.1, -0.05) is 13.0 Å². The van der Waals surface area contributed by atoms with Gasteiger partial charge in [0.15, 0.2) is 0 Å². The summed E-state index contributed by atoms with van der Waals surface area (Å²) in [4.78, 5) is 4.76. The second kappa shape index (κ2) is 5.31. The normalized spacial score (nSPS) is 12.3. The van der Waals surface area contributed by atoms with Crippen molar-refractivity contribution in [1.82, 2.24) is 9.55 Å². The van der Waals surface area contributed by atoms with Crippen LogP contribution < -0.4 is 5.73 Å². The number of benzene rings is 1. The van der Waals surface area contributed by atoms with E-state index in [1.165, 1.54) is 0 Å². The first-order valence-corrected chi connectivity index (χ1v) is 6.78. The van der Waals surface area contributed by atoms with Crippen LogP contribution in [-0.4, -0.2) is 16.7 Å². The van der Waals surface area contributed by atoms with Crippen molar-refractivity contribution in [2.24, 2.45) is 5.73 Å². The quantitative estimate of drug-likeness (QED) is 0.900. The Labute approximate surface area is 114 Å². The number of nitrogens with zero attached hydrogens (tertiary/aromatic N) is 2. The van der Waals surface area contributed by atoms with Crippen molar-refractivity contribution in [3.05, 3.63) is 29.6 Å². The Bertz CT molecular complexity index is 572. The van der Waals surface area contributed by atoms with Crippen molar-refractivity contribution in [3.8, 4) is 0 Å². The van der Waals surface area contributed by atoms with E-state index in [1.807, 2.05) is 13.8 Å². The lowest BCUT2D eigenvalue weighted by molar-refractivity contribution is 0.00890. The Kier molecular flexibility index (Phi) is 3.92. The molecule has 0 amide bonds. The maximum Gasteiger partial charge on any atom is 0.141 e. The summed E-state index contributed by atoms with van der Waals surface area (Å²) in [5, 5.41) is 0. The van der Waals surface area contributed by atoms with Crippen molar-refractivity contribution < 1.29 is 4.74 Å². The van der Waals surface area contributed by atoms with Crippen LogP contribution in [0, 0.1) is 0 Å². The van der Waals surface area contributed by atoms with Gasteiger partial charge >= 0.3 is 0 Å². The van der Waals surface area contributed by atoms with Gasteiger partial charge in [0.25, 0.3) is 0 Å².